The van der Waals surface area contributed by atoms with E-state index in [4.69, 9.17) is 4.74 Å². The molecule has 0 aromatic heterocycles. The maximum absolute atomic E-state index is 12.2. The number of anilines is 1. The number of nitrogens with one attached hydrogen (secondary N) is 2. The van der Waals surface area contributed by atoms with E-state index in [1.54, 1.807) is 12.1 Å². The highest BCUT2D eigenvalue weighted by atomic mass is 35.5. The van der Waals surface area contributed by atoms with Crippen LogP contribution in [0.4, 0.5) is 18.9 Å². The van der Waals surface area contributed by atoms with Crippen molar-refractivity contribution in [3.05, 3.63) is 24.3 Å². The summed E-state index contributed by atoms with van der Waals surface area (Å²) in [4.78, 5) is 11.9. The molecule has 0 radical (unpaired) electrons. The van der Waals surface area contributed by atoms with Gasteiger partial charge in [0.15, 0.2) is 6.61 Å². The number of carbonyl (C=O) groups is 1. The molecule has 4 nitrogen and oxygen atoms in total. The Balaban J connectivity index is 0.00000242. The van der Waals surface area contributed by atoms with Gasteiger partial charge in [-0.05, 0) is 31.5 Å². The Morgan fingerprint density at radius 2 is 2.09 bits per heavy atom. The van der Waals surface area contributed by atoms with E-state index in [-0.39, 0.29) is 35.8 Å². The van der Waals surface area contributed by atoms with Gasteiger partial charge in [0.25, 0.3) is 0 Å². The van der Waals surface area contributed by atoms with Crippen molar-refractivity contribution in [1.29, 1.82) is 0 Å². The Hall–Kier alpha value is -1.47. The van der Waals surface area contributed by atoms with E-state index in [1.165, 1.54) is 12.1 Å². The van der Waals surface area contributed by atoms with Crippen LogP contribution in [-0.2, 0) is 4.79 Å². The number of hydrogen-bond donors (Lipinski definition) is 2. The first-order valence-electron chi connectivity index (χ1n) is 6.76. The molecule has 0 bridgehead atoms. The fourth-order valence-corrected chi connectivity index (χ4v) is 2.21. The van der Waals surface area contributed by atoms with Crippen LogP contribution in [0.15, 0.2) is 24.3 Å². The first-order chi connectivity index (χ1) is 9.94. The van der Waals surface area contributed by atoms with Gasteiger partial charge >= 0.3 is 6.18 Å². The normalized spacial score (nSPS) is 17.7. The Morgan fingerprint density at radius 3 is 2.73 bits per heavy atom. The lowest BCUT2D eigenvalue weighted by Gasteiger charge is -2.15. The molecule has 1 aromatic rings. The van der Waals surface area contributed by atoms with Gasteiger partial charge in [-0.15, -0.1) is 12.4 Å². The van der Waals surface area contributed by atoms with Gasteiger partial charge in [0, 0.05) is 12.5 Å². The van der Waals surface area contributed by atoms with Gasteiger partial charge in [-0.3, -0.25) is 4.79 Å². The van der Waals surface area contributed by atoms with Crippen molar-refractivity contribution in [3.8, 4) is 5.75 Å². The predicted molar refractivity (Wildman–Crippen MR) is 79.5 cm³/mol. The molecule has 1 aromatic carbocycles. The summed E-state index contributed by atoms with van der Waals surface area (Å²) < 4.78 is 41.3. The zero-order chi connectivity index (χ0) is 15.3. The van der Waals surface area contributed by atoms with Crippen LogP contribution in [-0.4, -0.2) is 31.3 Å². The molecule has 1 atom stereocenters. The molecule has 1 saturated heterocycles. The van der Waals surface area contributed by atoms with E-state index in [2.05, 4.69) is 10.6 Å². The molecule has 2 N–H and O–H groups in total. The second-order valence-corrected chi connectivity index (χ2v) is 4.95. The molecule has 124 valence electrons. The molecule has 8 heteroatoms. The molecule has 2 rings (SSSR count). The number of halogens is 4. The molecule has 1 fully saturated rings. The second-order valence-electron chi connectivity index (χ2n) is 4.95. The van der Waals surface area contributed by atoms with E-state index in [1.807, 2.05) is 0 Å². The van der Waals surface area contributed by atoms with Gasteiger partial charge in [-0.25, -0.2) is 0 Å². The first kappa shape index (κ1) is 18.6. The number of benzene rings is 1. The summed E-state index contributed by atoms with van der Waals surface area (Å²) in [7, 11) is 0. The molecular weight excluding hydrogens is 321 g/mol. The molecule has 1 heterocycles. The van der Waals surface area contributed by atoms with E-state index < -0.39 is 12.8 Å². The largest absolute Gasteiger partial charge is 0.482 e. The third-order valence-corrected chi connectivity index (χ3v) is 3.15. The summed E-state index contributed by atoms with van der Waals surface area (Å²) in [6.07, 6.45) is -2.15. The predicted octanol–water partition coefficient (Wildman–Crippen LogP) is 3.13. The third kappa shape index (κ3) is 6.11. The lowest BCUT2D eigenvalue weighted by atomic mass is 10.1. The minimum Gasteiger partial charge on any atom is -0.482 e. The summed E-state index contributed by atoms with van der Waals surface area (Å²) in [5, 5.41) is 5.79. The van der Waals surface area contributed by atoms with Crippen LogP contribution in [0, 0.1) is 0 Å². The van der Waals surface area contributed by atoms with Crippen molar-refractivity contribution in [2.45, 2.75) is 31.5 Å². The van der Waals surface area contributed by atoms with Gasteiger partial charge in [-0.2, -0.15) is 13.2 Å². The Labute approximate surface area is 132 Å². The lowest BCUT2D eigenvalue weighted by molar-refractivity contribution is -0.153. The highest BCUT2D eigenvalue weighted by molar-refractivity contribution is 5.92. The lowest BCUT2D eigenvalue weighted by Crippen LogP contribution is -2.27. The quantitative estimate of drug-likeness (QED) is 0.867. The minimum absolute atomic E-state index is 0. The summed E-state index contributed by atoms with van der Waals surface area (Å²) in [6, 6.07) is 6.23. The monoisotopic (exact) mass is 338 g/mol. The molecule has 1 aliphatic rings. The smallest absolute Gasteiger partial charge is 0.422 e. The van der Waals surface area contributed by atoms with Crippen LogP contribution in [0.5, 0.6) is 5.75 Å². The zero-order valence-electron chi connectivity index (χ0n) is 11.8. The van der Waals surface area contributed by atoms with E-state index in [9.17, 15) is 18.0 Å². The summed E-state index contributed by atoms with van der Waals surface area (Å²) >= 11 is 0. The first-order valence-corrected chi connectivity index (χ1v) is 6.76. The van der Waals surface area contributed by atoms with Crippen molar-refractivity contribution in [3.63, 3.8) is 0 Å². The highest BCUT2D eigenvalue weighted by Gasteiger charge is 2.29. The summed E-state index contributed by atoms with van der Waals surface area (Å²) in [5.41, 5.74) is 0.254. The number of rotatable bonds is 5. The van der Waals surface area contributed by atoms with Crippen LogP contribution in [0.25, 0.3) is 0 Å². The highest BCUT2D eigenvalue weighted by Crippen LogP contribution is 2.26. The molecule has 1 amide bonds. The zero-order valence-corrected chi connectivity index (χ0v) is 12.6. The maximum Gasteiger partial charge on any atom is 0.422 e. The van der Waals surface area contributed by atoms with E-state index in [0.29, 0.717) is 6.42 Å². The van der Waals surface area contributed by atoms with Gasteiger partial charge < -0.3 is 15.4 Å². The van der Waals surface area contributed by atoms with Gasteiger partial charge in [0.05, 0.1) is 5.69 Å². The Kier molecular flexibility index (Phi) is 6.96. The van der Waals surface area contributed by atoms with Crippen molar-refractivity contribution >= 4 is 24.0 Å². The SMILES string of the molecule is Cl.O=C(CC1CCCN1)Nc1ccccc1OCC(F)(F)F. The summed E-state index contributed by atoms with van der Waals surface area (Å²) in [6.45, 7) is -0.493. The summed E-state index contributed by atoms with van der Waals surface area (Å²) in [5.74, 6) is -0.222. The number of amides is 1. The third-order valence-electron chi connectivity index (χ3n) is 3.15. The van der Waals surface area contributed by atoms with E-state index >= 15 is 0 Å². The number of hydrogen-bond acceptors (Lipinski definition) is 3. The van der Waals surface area contributed by atoms with Crippen LogP contribution in [0.2, 0.25) is 0 Å². The van der Waals surface area contributed by atoms with Crippen LogP contribution >= 0.6 is 12.4 Å². The van der Waals surface area contributed by atoms with Crippen LogP contribution in [0.3, 0.4) is 0 Å². The molecule has 1 aliphatic heterocycles. The van der Waals surface area contributed by atoms with Gasteiger partial charge in [-0.1, -0.05) is 12.1 Å². The molecular formula is C14H18ClF3N2O2. The van der Waals surface area contributed by atoms with Crippen molar-refractivity contribution < 1.29 is 22.7 Å². The van der Waals surface area contributed by atoms with Crippen molar-refractivity contribution in [1.82, 2.24) is 5.32 Å². The fourth-order valence-electron chi connectivity index (χ4n) is 2.21. The second kappa shape index (κ2) is 8.24. The number of ether oxygens (including phenoxy) is 1. The van der Waals surface area contributed by atoms with Crippen molar-refractivity contribution in [2.75, 3.05) is 18.5 Å². The molecule has 1 unspecified atom stereocenters. The van der Waals surface area contributed by atoms with Gasteiger partial charge in [0.2, 0.25) is 5.91 Å². The molecule has 22 heavy (non-hydrogen) atoms. The van der Waals surface area contributed by atoms with Crippen molar-refractivity contribution in [2.24, 2.45) is 0 Å². The van der Waals surface area contributed by atoms with E-state index in [0.717, 1.165) is 19.4 Å². The number of carbonyl (C=O) groups excluding carboxylic acids is 1. The molecule has 0 saturated carbocycles. The van der Waals surface area contributed by atoms with Crippen LogP contribution < -0.4 is 15.4 Å². The maximum atomic E-state index is 12.2. The minimum atomic E-state index is -4.41. The topological polar surface area (TPSA) is 50.4 Å². The molecule has 0 aliphatic carbocycles. The molecule has 0 spiro atoms. The Bertz CT molecular complexity index is 491. The number of para-hydroxylation sites is 2. The Morgan fingerprint density at radius 1 is 1.36 bits per heavy atom. The average Bonchev–Trinajstić information content (AvgIpc) is 2.89. The number of alkyl halides is 3. The average molecular weight is 339 g/mol. The van der Waals surface area contributed by atoms with Crippen LogP contribution in [0.1, 0.15) is 19.3 Å². The standard InChI is InChI=1S/C14H17F3N2O2.ClH/c15-14(16,17)9-21-12-6-2-1-5-11(12)19-13(20)8-10-4-3-7-18-10;/h1-2,5-6,10,18H,3-4,7-9H2,(H,19,20);1H. The fraction of sp³-hybridized carbons (Fsp3) is 0.500. The van der Waals surface area contributed by atoms with Gasteiger partial charge in [0.1, 0.15) is 5.75 Å².